The van der Waals surface area contributed by atoms with Gasteiger partial charge in [-0.3, -0.25) is 0 Å². The third-order valence-electron chi connectivity index (χ3n) is 1.40. The number of rotatable bonds is 6. The van der Waals surface area contributed by atoms with E-state index in [1.54, 1.807) is 0 Å². The summed E-state index contributed by atoms with van der Waals surface area (Å²) < 4.78 is 0. The molecule has 0 fully saturated rings. The molecule has 0 radical (unpaired) electrons. The van der Waals surface area contributed by atoms with Crippen LogP contribution in [-0.4, -0.2) is 28.9 Å². The highest BCUT2D eigenvalue weighted by atomic mass is 28.2. The fourth-order valence-electron chi connectivity index (χ4n) is 0.693. The summed E-state index contributed by atoms with van der Waals surface area (Å²) in [5, 5.41) is 6.60. The first-order valence-corrected chi connectivity index (χ1v) is 6.00. The fraction of sp³-hybridized carbons (Fsp3) is 1.00. The zero-order chi connectivity index (χ0) is 7.82. The Morgan fingerprint density at radius 1 is 1.30 bits per heavy atom. The minimum Gasteiger partial charge on any atom is -0.308 e. The molecule has 0 bridgehead atoms. The van der Waals surface area contributed by atoms with Gasteiger partial charge in [0.2, 0.25) is 0 Å². The molecule has 10 heavy (non-hydrogen) atoms. The lowest BCUT2D eigenvalue weighted by atomic mass is 10.6. The Hall–Kier alpha value is 0.137. The Bertz CT molecular complexity index is 66.6. The Labute approximate surface area is 66.6 Å². The average molecular weight is 160 g/mol. The van der Waals surface area contributed by atoms with Crippen molar-refractivity contribution in [2.45, 2.75) is 26.3 Å². The van der Waals surface area contributed by atoms with E-state index in [-0.39, 0.29) is 9.52 Å². The maximum absolute atomic E-state index is 3.37. The zero-order valence-corrected chi connectivity index (χ0v) is 8.82. The highest BCUT2D eigenvalue weighted by Crippen LogP contribution is 1.93. The normalized spacial score (nSPS) is 12.0. The molecule has 0 aromatic carbocycles. The second-order valence-corrected chi connectivity index (χ2v) is 5.67. The highest BCUT2D eigenvalue weighted by molar-refractivity contribution is 6.37. The van der Waals surface area contributed by atoms with Gasteiger partial charge in [0.25, 0.3) is 0 Å². The molecule has 2 nitrogen and oxygen atoms in total. The van der Waals surface area contributed by atoms with Crippen LogP contribution in [0.5, 0.6) is 0 Å². The summed E-state index contributed by atoms with van der Waals surface area (Å²) in [6.07, 6.45) is 1.27. The molecule has 0 atom stereocenters. The summed E-state index contributed by atoms with van der Waals surface area (Å²) in [6.45, 7) is 8.79. The molecule has 0 saturated carbocycles. The van der Waals surface area contributed by atoms with Gasteiger partial charge in [0.15, 0.2) is 0 Å². The van der Waals surface area contributed by atoms with Crippen molar-refractivity contribution in [2.24, 2.45) is 0 Å². The molecule has 0 unspecified atom stereocenters. The van der Waals surface area contributed by atoms with Gasteiger partial charge in [-0.15, -0.1) is 0 Å². The van der Waals surface area contributed by atoms with Crippen molar-refractivity contribution in [3.05, 3.63) is 0 Å². The molecule has 0 aromatic rings. The van der Waals surface area contributed by atoms with Gasteiger partial charge in [0.05, 0.1) is 0 Å². The summed E-state index contributed by atoms with van der Waals surface area (Å²) >= 11 is 0. The smallest absolute Gasteiger partial charge is 0.0451 e. The number of hydrogen-bond donors (Lipinski definition) is 2. The first-order chi connectivity index (χ1) is 4.77. The quantitative estimate of drug-likeness (QED) is 0.327. The van der Waals surface area contributed by atoms with Crippen LogP contribution < -0.4 is 10.6 Å². The largest absolute Gasteiger partial charge is 0.308 e. The van der Waals surface area contributed by atoms with Crippen LogP contribution in [-0.2, 0) is 0 Å². The van der Waals surface area contributed by atoms with Gasteiger partial charge in [-0.05, 0) is 12.7 Å². The van der Waals surface area contributed by atoms with E-state index in [0.29, 0.717) is 0 Å². The molecule has 0 spiro atoms. The van der Waals surface area contributed by atoms with Gasteiger partial charge in [-0.25, -0.2) is 0 Å². The van der Waals surface area contributed by atoms with Crippen LogP contribution in [0, 0.1) is 0 Å². The van der Waals surface area contributed by atoms with Crippen molar-refractivity contribution in [2.75, 3.05) is 19.4 Å². The third-order valence-corrected chi connectivity index (χ3v) is 3.20. The van der Waals surface area contributed by atoms with Gasteiger partial charge in [0, 0.05) is 16.2 Å². The summed E-state index contributed by atoms with van der Waals surface area (Å²) in [5.74, 6) is 0. The van der Waals surface area contributed by atoms with Gasteiger partial charge < -0.3 is 10.6 Å². The van der Waals surface area contributed by atoms with Crippen molar-refractivity contribution in [3.63, 3.8) is 0 Å². The lowest BCUT2D eigenvalue weighted by Gasteiger charge is -2.05. The minimum absolute atomic E-state index is 0.167. The van der Waals surface area contributed by atoms with E-state index in [2.05, 4.69) is 31.4 Å². The first kappa shape index (κ1) is 10.1. The molecule has 0 rings (SSSR count). The first-order valence-electron chi connectivity index (χ1n) is 4.18. The van der Waals surface area contributed by atoms with Crippen molar-refractivity contribution in [1.82, 2.24) is 10.6 Å². The van der Waals surface area contributed by atoms with Crippen LogP contribution in [0.15, 0.2) is 0 Å². The zero-order valence-electron chi connectivity index (χ0n) is 7.41. The van der Waals surface area contributed by atoms with Gasteiger partial charge in [0.1, 0.15) is 0 Å². The Kier molecular flexibility index (Phi) is 7.35. The molecule has 0 aliphatic heterocycles. The van der Waals surface area contributed by atoms with Crippen LogP contribution in [0.4, 0.5) is 0 Å². The Morgan fingerprint density at radius 3 is 2.50 bits per heavy atom. The molecular weight excluding hydrogens is 140 g/mol. The fourth-order valence-corrected chi connectivity index (χ4v) is 1.65. The number of hydrogen-bond acceptors (Lipinski definition) is 2. The summed E-state index contributed by atoms with van der Waals surface area (Å²) in [4.78, 5) is 0. The van der Waals surface area contributed by atoms with Gasteiger partial charge in [-0.1, -0.05) is 26.3 Å². The maximum atomic E-state index is 3.37. The van der Waals surface area contributed by atoms with Crippen LogP contribution in [0.3, 0.4) is 0 Å². The summed E-state index contributed by atoms with van der Waals surface area (Å²) in [6, 6.07) is 0. The molecular formula is C7H20N2Si. The Morgan fingerprint density at radius 2 is 2.00 bits per heavy atom. The Balaban J connectivity index is 2.77. The summed E-state index contributed by atoms with van der Waals surface area (Å²) in [7, 11) is 0.167. The molecule has 62 valence electrons. The second-order valence-electron chi connectivity index (χ2n) is 2.96. The average Bonchev–Trinajstić information content (AvgIpc) is 1.87. The highest BCUT2D eigenvalue weighted by Gasteiger charge is 1.92. The van der Waals surface area contributed by atoms with Gasteiger partial charge in [-0.2, -0.15) is 0 Å². The van der Waals surface area contributed by atoms with E-state index in [0.717, 1.165) is 18.8 Å². The molecule has 0 aliphatic rings. The van der Waals surface area contributed by atoms with Crippen LogP contribution in [0.25, 0.3) is 0 Å². The molecule has 0 heterocycles. The van der Waals surface area contributed by atoms with E-state index in [1.165, 1.54) is 6.17 Å². The van der Waals surface area contributed by atoms with Crippen LogP contribution in [0.1, 0.15) is 20.8 Å². The topological polar surface area (TPSA) is 24.1 Å². The van der Waals surface area contributed by atoms with Crippen molar-refractivity contribution in [1.29, 1.82) is 0 Å². The third kappa shape index (κ3) is 8.14. The van der Waals surface area contributed by atoms with E-state index in [4.69, 9.17) is 0 Å². The maximum Gasteiger partial charge on any atom is 0.0451 e. The van der Waals surface area contributed by atoms with Crippen molar-refractivity contribution < 1.29 is 0 Å². The minimum atomic E-state index is 0.167. The van der Waals surface area contributed by atoms with E-state index in [9.17, 15) is 0 Å². The standard InChI is InChI=1S/C7H20N2Si/c1-4-8-5-9-6-10-7(2)3/h7-9H,4-6,10H2,1-3H3. The molecule has 0 aromatic heterocycles. The molecule has 2 N–H and O–H groups in total. The monoisotopic (exact) mass is 160 g/mol. The predicted molar refractivity (Wildman–Crippen MR) is 50.2 cm³/mol. The molecule has 0 aliphatic carbocycles. The van der Waals surface area contributed by atoms with Crippen molar-refractivity contribution in [3.8, 4) is 0 Å². The molecule has 0 amide bonds. The van der Waals surface area contributed by atoms with Crippen molar-refractivity contribution >= 4 is 9.52 Å². The van der Waals surface area contributed by atoms with Crippen LogP contribution in [0.2, 0.25) is 5.54 Å². The number of nitrogens with one attached hydrogen (secondary N) is 2. The van der Waals surface area contributed by atoms with Crippen LogP contribution >= 0.6 is 0 Å². The van der Waals surface area contributed by atoms with E-state index < -0.39 is 0 Å². The molecule has 0 saturated heterocycles. The summed E-state index contributed by atoms with van der Waals surface area (Å²) in [5.41, 5.74) is 0.953. The predicted octanol–water partition coefficient (Wildman–Crippen LogP) is 0.0976. The SMILES string of the molecule is CCNCNC[SiH2]C(C)C. The molecule has 3 heteroatoms. The van der Waals surface area contributed by atoms with Gasteiger partial charge >= 0.3 is 0 Å². The van der Waals surface area contributed by atoms with E-state index >= 15 is 0 Å². The lowest BCUT2D eigenvalue weighted by Crippen LogP contribution is -2.32. The lowest BCUT2D eigenvalue weighted by molar-refractivity contribution is 0.640. The van der Waals surface area contributed by atoms with E-state index in [1.807, 2.05) is 0 Å². The second kappa shape index (κ2) is 7.25.